The average molecular weight is 328 g/mol. The lowest BCUT2D eigenvalue weighted by atomic mass is 10.3. The van der Waals surface area contributed by atoms with Crippen molar-refractivity contribution >= 4 is 5.65 Å². The topological polar surface area (TPSA) is 61.0 Å². The fraction of sp³-hybridized carbons (Fsp3) is 0.294. The minimum atomic E-state index is -0.145. The van der Waals surface area contributed by atoms with Gasteiger partial charge in [-0.2, -0.15) is 4.68 Å². The summed E-state index contributed by atoms with van der Waals surface area (Å²) in [5.41, 5.74) is 0.499. The zero-order valence-corrected chi connectivity index (χ0v) is 13.8. The quantitative estimate of drug-likeness (QED) is 0.657. The largest absolute Gasteiger partial charge is 0.497 e. The molecule has 0 saturated carbocycles. The van der Waals surface area contributed by atoms with Gasteiger partial charge < -0.3 is 9.47 Å². The Kier molecular flexibility index (Phi) is 4.81. The maximum absolute atomic E-state index is 12.2. The lowest BCUT2D eigenvalue weighted by molar-refractivity contribution is 0.197. The van der Waals surface area contributed by atoms with Crippen LogP contribution in [-0.4, -0.2) is 46.4 Å². The Labute approximate surface area is 139 Å². The second-order valence-electron chi connectivity index (χ2n) is 5.46. The zero-order chi connectivity index (χ0) is 16.9. The first-order valence-electron chi connectivity index (χ1n) is 7.67. The second kappa shape index (κ2) is 7.18. The number of pyridine rings is 1. The molecule has 7 nitrogen and oxygen atoms in total. The van der Waals surface area contributed by atoms with Crippen LogP contribution >= 0.6 is 0 Å². The molecule has 0 amide bonds. The van der Waals surface area contributed by atoms with Crippen molar-refractivity contribution in [3.05, 3.63) is 59.1 Å². The maximum atomic E-state index is 12.2. The third kappa shape index (κ3) is 3.57. The van der Waals surface area contributed by atoms with Crippen molar-refractivity contribution in [1.29, 1.82) is 0 Å². The van der Waals surface area contributed by atoms with Crippen LogP contribution in [0.2, 0.25) is 0 Å². The Balaban J connectivity index is 1.54. The molecular formula is C17H20N4O3. The van der Waals surface area contributed by atoms with Crippen molar-refractivity contribution in [2.75, 3.05) is 27.3 Å². The summed E-state index contributed by atoms with van der Waals surface area (Å²) in [7, 11) is 3.56. The molecular weight excluding hydrogens is 308 g/mol. The Morgan fingerprint density at radius 3 is 2.58 bits per heavy atom. The lowest BCUT2D eigenvalue weighted by Gasteiger charge is -2.16. The lowest BCUT2D eigenvalue weighted by Crippen LogP contribution is -2.32. The SMILES string of the molecule is COc1ccc(OCCN(C)Cn2nc3ccccn3c2=O)cc1. The molecule has 2 aromatic heterocycles. The first-order valence-corrected chi connectivity index (χ1v) is 7.67. The summed E-state index contributed by atoms with van der Waals surface area (Å²) in [6.45, 7) is 1.60. The number of hydrogen-bond acceptors (Lipinski definition) is 5. The molecule has 0 fully saturated rings. The van der Waals surface area contributed by atoms with Gasteiger partial charge in [-0.3, -0.25) is 9.30 Å². The van der Waals surface area contributed by atoms with Gasteiger partial charge in [-0.05, 0) is 43.4 Å². The van der Waals surface area contributed by atoms with E-state index in [-0.39, 0.29) is 5.69 Å². The summed E-state index contributed by atoms with van der Waals surface area (Å²) < 4.78 is 13.8. The van der Waals surface area contributed by atoms with E-state index in [2.05, 4.69) is 5.10 Å². The van der Waals surface area contributed by atoms with E-state index >= 15 is 0 Å². The fourth-order valence-electron chi connectivity index (χ4n) is 2.35. The molecule has 0 saturated heterocycles. The van der Waals surface area contributed by atoms with Crippen LogP contribution < -0.4 is 15.2 Å². The number of nitrogens with zero attached hydrogens (tertiary/aromatic N) is 4. The highest BCUT2D eigenvalue weighted by molar-refractivity contribution is 5.35. The normalized spacial score (nSPS) is 11.1. The molecule has 0 aliphatic carbocycles. The van der Waals surface area contributed by atoms with Gasteiger partial charge in [-0.25, -0.2) is 4.79 Å². The Hall–Kier alpha value is -2.80. The maximum Gasteiger partial charge on any atom is 0.351 e. The number of methoxy groups -OCH3 is 1. The van der Waals surface area contributed by atoms with E-state index in [1.807, 2.05) is 54.4 Å². The van der Waals surface area contributed by atoms with Crippen LogP contribution in [0.4, 0.5) is 0 Å². The predicted molar refractivity (Wildman–Crippen MR) is 90.6 cm³/mol. The smallest absolute Gasteiger partial charge is 0.351 e. The van der Waals surface area contributed by atoms with Crippen molar-refractivity contribution < 1.29 is 9.47 Å². The first-order chi connectivity index (χ1) is 11.7. The molecule has 24 heavy (non-hydrogen) atoms. The van der Waals surface area contributed by atoms with Crippen molar-refractivity contribution in [1.82, 2.24) is 19.1 Å². The number of rotatable bonds is 7. The van der Waals surface area contributed by atoms with Crippen molar-refractivity contribution in [3.8, 4) is 11.5 Å². The van der Waals surface area contributed by atoms with E-state index in [0.29, 0.717) is 25.5 Å². The summed E-state index contributed by atoms with van der Waals surface area (Å²) in [6, 6.07) is 12.9. The van der Waals surface area contributed by atoms with Gasteiger partial charge >= 0.3 is 5.69 Å². The molecule has 0 aliphatic rings. The standard InChI is InChI=1S/C17H20N4O3/c1-19(11-12-24-15-8-6-14(23-2)7-9-15)13-21-17(22)20-10-4-3-5-16(20)18-21/h3-10H,11-13H2,1-2H3. The highest BCUT2D eigenvalue weighted by Gasteiger charge is 2.08. The summed E-state index contributed by atoms with van der Waals surface area (Å²) in [5, 5.41) is 4.31. The van der Waals surface area contributed by atoms with E-state index in [1.54, 1.807) is 13.3 Å². The van der Waals surface area contributed by atoms with Gasteiger partial charge in [0.05, 0.1) is 13.8 Å². The summed E-state index contributed by atoms with van der Waals surface area (Å²) in [4.78, 5) is 14.2. The van der Waals surface area contributed by atoms with Crippen LogP contribution in [0.1, 0.15) is 0 Å². The minimum Gasteiger partial charge on any atom is -0.497 e. The molecule has 126 valence electrons. The zero-order valence-electron chi connectivity index (χ0n) is 13.8. The van der Waals surface area contributed by atoms with Crippen molar-refractivity contribution in [2.45, 2.75) is 6.67 Å². The third-order valence-corrected chi connectivity index (χ3v) is 3.66. The van der Waals surface area contributed by atoms with Crippen LogP contribution in [0, 0.1) is 0 Å². The van der Waals surface area contributed by atoms with E-state index in [9.17, 15) is 4.79 Å². The second-order valence-corrected chi connectivity index (χ2v) is 5.46. The third-order valence-electron chi connectivity index (χ3n) is 3.66. The van der Waals surface area contributed by atoms with E-state index in [4.69, 9.17) is 9.47 Å². The Morgan fingerprint density at radius 1 is 1.12 bits per heavy atom. The first kappa shape index (κ1) is 16.1. The van der Waals surface area contributed by atoms with Crippen molar-refractivity contribution in [3.63, 3.8) is 0 Å². The molecule has 3 aromatic rings. The number of benzene rings is 1. The van der Waals surface area contributed by atoms with Crippen LogP contribution in [0.3, 0.4) is 0 Å². The molecule has 0 radical (unpaired) electrons. The highest BCUT2D eigenvalue weighted by atomic mass is 16.5. The van der Waals surface area contributed by atoms with Gasteiger partial charge in [0, 0.05) is 12.7 Å². The average Bonchev–Trinajstić information content (AvgIpc) is 2.92. The van der Waals surface area contributed by atoms with Crippen molar-refractivity contribution in [2.24, 2.45) is 0 Å². The van der Waals surface area contributed by atoms with Gasteiger partial charge in [0.2, 0.25) is 0 Å². The molecule has 3 rings (SSSR count). The Bertz CT molecular complexity index is 854. The van der Waals surface area contributed by atoms with Gasteiger partial charge in [0.15, 0.2) is 5.65 Å². The van der Waals surface area contributed by atoms with Crippen LogP contribution in [0.15, 0.2) is 53.5 Å². The Morgan fingerprint density at radius 2 is 1.88 bits per heavy atom. The molecule has 0 atom stereocenters. The van der Waals surface area contributed by atoms with Crippen LogP contribution in [0.25, 0.3) is 5.65 Å². The molecule has 2 heterocycles. The number of ether oxygens (including phenoxy) is 2. The molecule has 1 aromatic carbocycles. The molecule has 0 unspecified atom stereocenters. The number of aromatic nitrogens is 3. The van der Waals surface area contributed by atoms with Gasteiger partial charge in [0.25, 0.3) is 0 Å². The molecule has 0 bridgehead atoms. The minimum absolute atomic E-state index is 0.145. The van der Waals surface area contributed by atoms with E-state index < -0.39 is 0 Å². The predicted octanol–water partition coefficient (Wildman–Crippen LogP) is 1.47. The van der Waals surface area contributed by atoms with Gasteiger partial charge in [0.1, 0.15) is 18.1 Å². The van der Waals surface area contributed by atoms with Gasteiger partial charge in [-0.15, -0.1) is 5.10 Å². The van der Waals surface area contributed by atoms with E-state index in [0.717, 1.165) is 11.5 Å². The number of hydrogen-bond donors (Lipinski definition) is 0. The number of fused-ring (bicyclic) bond motifs is 1. The van der Waals surface area contributed by atoms with E-state index in [1.165, 1.54) is 9.08 Å². The molecule has 0 N–H and O–H groups in total. The summed E-state index contributed by atoms with van der Waals surface area (Å²) >= 11 is 0. The fourth-order valence-corrected chi connectivity index (χ4v) is 2.35. The molecule has 7 heteroatoms. The molecule has 0 aliphatic heterocycles. The van der Waals surface area contributed by atoms with Crippen LogP contribution in [-0.2, 0) is 6.67 Å². The summed E-state index contributed by atoms with van der Waals surface area (Å²) in [6.07, 6.45) is 1.72. The van der Waals surface area contributed by atoms with Crippen LogP contribution in [0.5, 0.6) is 11.5 Å². The molecule has 0 spiro atoms. The summed E-state index contributed by atoms with van der Waals surface area (Å²) in [5.74, 6) is 1.58. The highest BCUT2D eigenvalue weighted by Crippen LogP contribution is 2.16. The monoisotopic (exact) mass is 328 g/mol. The number of likely N-dealkylation sites (N-methyl/N-ethyl adjacent to an activating group) is 1. The van der Waals surface area contributed by atoms with Gasteiger partial charge in [-0.1, -0.05) is 6.07 Å².